The first-order valence-electron chi connectivity index (χ1n) is 5.94. The first-order chi connectivity index (χ1) is 9.88. The molecule has 2 rings (SSSR count). The average Bonchev–Trinajstić information content (AvgIpc) is 2.38. The maximum Gasteiger partial charge on any atom is 0.387 e. The van der Waals surface area contributed by atoms with Gasteiger partial charge in [0.15, 0.2) is 11.6 Å². The standard InChI is InChI=1S/C14H12ClF3N2O/c1-7-3-2-4-8(15)13(7)20-11-6-12(21-14(17)18)9(16)5-10(11)19/h2-6,14,20H,19H2,1H3. The van der Waals surface area contributed by atoms with Crippen LogP contribution in [0.25, 0.3) is 0 Å². The zero-order valence-electron chi connectivity index (χ0n) is 11.0. The Labute approximate surface area is 124 Å². The van der Waals surface area contributed by atoms with Crippen molar-refractivity contribution in [3.8, 4) is 5.75 Å². The van der Waals surface area contributed by atoms with E-state index in [9.17, 15) is 13.2 Å². The highest BCUT2D eigenvalue weighted by molar-refractivity contribution is 6.33. The van der Waals surface area contributed by atoms with Crippen LogP contribution in [0.4, 0.5) is 30.2 Å². The lowest BCUT2D eigenvalue weighted by Gasteiger charge is -2.15. The number of rotatable bonds is 4. The molecule has 0 saturated carbocycles. The molecule has 3 N–H and O–H groups in total. The topological polar surface area (TPSA) is 47.3 Å². The van der Waals surface area contributed by atoms with E-state index in [-0.39, 0.29) is 11.4 Å². The van der Waals surface area contributed by atoms with Gasteiger partial charge in [0.25, 0.3) is 0 Å². The van der Waals surface area contributed by atoms with Crippen LogP contribution in [0.5, 0.6) is 5.75 Å². The molecule has 0 unspecified atom stereocenters. The third kappa shape index (κ3) is 3.52. The van der Waals surface area contributed by atoms with Crippen LogP contribution < -0.4 is 15.8 Å². The maximum atomic E-state index is 13.5. The van der Waals surface area contributed by atoms with Gasteiger partial charge in [-0.3, -0.25) is 0 Å². The van der Waals surface area contributed by atoms with E-state index in [0.717, 1.165) is 17.7 Å². The van der Waals surface area contributed by atoms with E-state index >= 15 is 0 Å². The van der Waals surface area contributed by atoms with E-state index in [1.54, 1.807) is 12.1 Å². The molecule has 2 aromatic carbocycles. The molecule has 0 aliphatic heterocycles. The van der Waals surface area contributed by atoms with Crippen LogP contribution in [0.1, 0.15) is 5.56 Å². The largest absolute Gasteiger partial charge is 0.432 e. The summed E-state index contributed by atoms with van der Waals surface area (Å²) < 4.78 is 42.1. The fraction of sp³-hybridized carbons (Fsp3) is 0.143. The number of aryl methyl sites for hydroxylation is 1. The number of anilines is 3. The van der Waals surface area contributed by atoms with Crippen molar-refractivity contribution in [2.75, 3.05) is 11.1 Å². The van der Waals surface area contributed by atoms with E-state index < -0.39 is 18.2 Å². The summed E-state index contributed by atoms with van der Waals surface area (Å²) in [6.07, 6.45) is 0. The Balaban J connectivity index is 2.40. The first-order valence-corrected chi connectivity index (χ1v) is 6.32. The molecule has 0 amide bonds. The van der Waals surface area contributed by atoms with Gasteiger partial charge in [0.05, 0.1) is 22.1 Å². The van der Waals surface area contributed by atoms with Crippen LogP contribution in [-0.4, -0.2) is 6.61 Å². The van der Waals surface area contributed by atoms with Gasteiger partial charge in [-0.2, -0.15) is 8.78 Å². The number of hydrogen-bond acceptors (Lipinski definition) is 3. The molecule has 0 heterocycles. The SMILES string of the molecule is Cc1cccc(Cl)c1Nc1cc(OC(F)F)c(F)cc1N. The van der Waals surface area contributed by atoms with Gasteiger partial charge < -0.3 is 15.8 Å². The van der Waals surface area contributed by atoms with Crippen molar-refractivity contribution in [2.45, 2.75) is 13.5 Å². The summed E-state index contributed by atoms with van der Waals surface area (Å²) in [5, 5.41) is 3.33. The summed E-state index contributed by atoms with van der Waals surface area (Å²) >= 11 is 6.06. The normalized spacial score (nSPS) is 10.8. The van der Waals surface area contributed by atoms with Crippen molar-refractivity contribution in [3.05, 3.63) is 46.7 Å². The maximum absolute atomic E-state index is 13.5. The number of nitrogens with two attached hydrogens (primary N) is 1. The Bertz CT molecular complexity index is 645. The summed E-state index contributed by atoms with van der Waals surface area (Å²) in [5.41, 5.74) is 7.33. The minimum atomic E-state index is -3.13. The minimum absolute atomic E-state index is 0.0495. The highest BCUT2D eigenvalue weighted by atomic mass is 35.5. The summed E-state index contributed by atoms with van der Waals surface area (Å²) in [6.45, 7) is -1.32. The lowest BCUT2D eigenvalue weighted by molar-refractivity contribution is -0.0521. The molecule has 21 heavy (non-hydrogen) atoms. The second-order valence-electron chi connectivity index (χ2n) is 4.31. The summed E-state index contributed by atoms with van der Waals surface area (Å²) in [5.74, 6) is -1.55. The number of nitrogen functional groups attached to an aromatic ring is 1. The summed E-state index contributed by atoms with van der Waals surface area (Å²) in [7, 11) is 0. The molecule has 2 aromatic rings. The van der Waals surface area contributed by atoms with Crippen molar-refractivity contribution in [3.63, 3.8) is 0 Å². The van der Waals surface area contributed by atoms with E-state index in [4.69, 9.17) is 17.3 Å². The van der Waals surface area contributed by atoms with Crippen LogP contribution in [0.15, 0.2) is 30.3 Å². The van der Waals surface area contributed by atoms with E-state index in [1.165, 1.54) is 0 Å². The van der Waals surface area contributed by atoms with Gasteiger partial charge in [-0.25, -0.2) is 4.39 Å². The molecule has 112 valence electrons. The molecule has 0 spiro atoms. The van der Waals surface area contributed by atoms with E-state index in [1.807, 2.05) is 13.0 Å². The van der Waals surface area contributed by atoms with Crippen molar-refractivity contribution >= 4 is 28.7 Å². The molecule has 0 radical (unpaired) electrons. The monoisotopic (exact) mass is 316 g/mol. The molecule has 0 atom stereocenters. The van der Waals surface area contributed by atoms with Crippen molar-refractivity contribution in [1.82, 2.24) is 0 Å². The molecule has 0 saturated heterocycles. The van der Waals surface area contributed by atoms with Crippen molar-refractivity contribution in [1.29, 1.82) is 0 Å². The highest BCUT2D eigenvalue weighted by Gasteiger charge is 2.14. The third-order valence-corrected chi connectivity index (χ3v) is 3.12. The van der Waals surface area contributed by atoms with Gasteiger partial charge in [0.2, 0.25) is 0 Å². The van der Waals surface area contributed by atoms with Crippen LogP contribution >= 0.6 is 11.6 Å². The van der Waals surface area contributed by atoms with Crippen molar-refractivity contribution < 1.29 is 17.9 Å². The number of hydrogen-bond donors (Lipinski definition) is 2. The predicted octanol–water partition coefficient (Wildman–Crippen LogP) is 4.71. The van der Waals surface area contributed by atoms with Crippen LogP contribution in [-0.2, 0) is 0 Å². The van der Waals surface area contributed by atoms with E-state index in [0.29, 0.717) is 10.7 Å². The first kappa shape index (κ1) is 15.3. The zero-order valence-corrected chi connectivity index (χ0v) is 11.7. The number of benzene rings is 2. The predicted molar refractivity (Wildman–Crippen MR) is 76.9 cm³/mol. The zero-order chi connectivity index (χ0) is 15.6. The molecule has 7 heteroatoms. The Morgan fingerprint density at radius 3 is 2.62 bits per heavy atom. The number of ether oxygens (including phenoxy) is 1. The second-order valence-corrected chi connectivity index (χ2v) is 4.71. The Morgan fingerprint density at radius 2 is 2.00 bits per heavy atom. The lowest BCUT2D eigenvalue weighted by Crippen LogP contribution is -2.06. The summed E-state index contributed by atoms with van der Waals surface area (Å²) in [4.78, 5) is 0. The molecular formula is C14H12ClF3N2O. The minimum Gasteiger partial charge on any atom is -0.432 e. The van der Waals surface area contributed by atoms with Crippen LogP contribution in [0.2, 0.25) is 5.02 Å². The molecule has 0 fully saturated rings. The second kappa shape index (κ2) is 6.13. The van der Waals surface area contributed by atoms with Gasteiger partial charge in [-0.1, -0.05) is 23.7 Å². The van der Waals surface area contributed by atoms with Crippen molar-refractivity contribution in [2.24, 2.45) is 0 Å². The van der Waals surface area contributed by atoms with Gasteiger partial charge in [-0.15, -0.1) is 0 Å². The number of halogens is 4. The fourth-order valence-corrected chi connectivity index (χ4v) is 2.06. The quantitative estimate of drug-likeness (QED) is 0.803. The number of para-hydroxylation sites is 1. The summed E-state index contributed by atoms with van der Waals surface area (Å²) in [6, 6.07) is 7.21. The Kier molecular flexibility index (Phi) is 4.47. The van der Waals surface area contributed by atoms with Gasteiger partial charge in [0.1, 0.15) is 0 Å². The third-order valence-electron chi connectivity index (χ3n) is 2.80. The van der Waals surface area contributed by atoms with Gasteiger partial charge >= 0.3 is 6.61 Å². The molecule has 0 bridgehead atoms. The Hall–Kier alpha value is -2.08. The Morgan fingerprint density at radius 1 is 1.29 bits per heavy atom. The van der Waals surface area contributed by atoms with Crippen LogP contribution in [0, 0.1) is 12.7 Å². The molecule has 0 aliphatic rings. The fourth-order valence-electron chi connectivity index (χ4n) is 1.79. The van der Waals surface area contributed by atoms with Crippen LogP contribution in [0.3, 0.4) is 0 Å². The molecule has 0 aliphatic carbocycles. The molecule has 3 nitrogen and oxygen atoms in total. The molecule has 0 aromatic heterocycles. The van der Waals surface area contributed by atoms with Gasteiger partial charge in [0, 0.05) is 12.1 Å². The van der Waals surface area contributed by atoms with Gasteiger partial charge in [-0.05, 0) is 18.6 Å². The van der Waals surface area contributed by atoms with E-state index in [2.05, 4.69) is 10.1 Å². The molecular weight excluding hydrogens is 305 g/mol. The smallest absolute Gasteiger partial charge is 0.387 e. The average molecular weight is 317 g/mol. The highest BCUT2D eigenvalue weighted by Crippen LogP contribution is 2.34. The number of alkyl halides is 2. The lowest BCUT2D eigenvalue weighted by atomic mass is 10.1. The number of nitrogens with one attached hydrogen (secondary N) is 1.